The van der Waals surface area contributed by atoms with Crippen molar-refractivity contribution in [2.45, 2.75) is 26.8 Å². The van der Waals surface area contributed by atoms with Crippen molar-refractivity contribution in [1.29, 1.82) is 0 Å². The minimum atomic E-state index is 0.165. The Balaban J connectivity index is 1.82. The second-order valence-electron chi connectivity index (χ2n) is 4.73. The van der Waals surface area contributed by atoms with Crippen LogP contribution in [-0.2, 0) is 0 Å². The number of ether oxygens (including phenoxy) is 1. The van der Waals surface area contributed by atoms with Crippen LogP contribution in [0.3, 0.4) is 0 Å². The van der Waals surface area contributed by atoms with E-state index in [9.17, 15) is 0 Å². The standard InChI is InChI=1S/C15H19N3O/c1-11-4-7-14(8-5-11)19-10-13(3)16-15-9-6-12(2)17-18-15/h4-9,13H,10H2,1-3H3,(H,16,18). The van der Waals surface area contributed by atoms with Gasteiger partial charge in [0.15, 0.2) is 0 Å². The van der Waals surface area contributed by atoms with E-state index in [4.69, 9.17) is 4.74 Å². The molecule has 0 fully saturated rings. The third-order valence-electron chi connectivity index (χ3n) is 2.71. The van der Waals surface area contributed by atoms with Crippen LogP contribution in [0.5, 0.6) is 5.75 Å². The summed E-state index contributed by atoms with van der Waals surface area (Å²) in [5, 5.41) is 11.3. The molecule has 2 aromatic rings. The largest absolute Gasteiger partial charge is 0.491 e. The third kappa shape index (κ3) is 4.25. The molecule has 0 amide bonds. The first kappa shape index (κ1) is 13.3. The molecule has 100 valence electrons. The fourth-order valence-corrected chi connectivity index (χ4v) is 1.63. The van der Waals surface area contributed by atoms with E-state index in [0.717, 1.165) is 17.3 Å². The molecule has 0 spiro atoms. The molecule has 0 aliphatic rings. The van der Waals surface area contributed by atoms with Gasteiger partial charge in [0.2, 0.25) is 0 Å². The zero-order valence-electron chi connectivity index (χ0n) is 11.6. The number of hydrogen-bond donors (Lipinski definition) is 1. The van der Waals surface area contributed by atoms with Gasteiger partial charge in [-0.15, -0.1) is 5.10 Å². The van der Waals surface area contributed by atoms with Gasteiger partial charge >= 0.3 is 0 Å². The van der Waals surface area contributed by atoms with Crippen molar-refractivity contribution in [1.82, 2.24) is 10.2 Å². The normalized spacial score (nSPS) is 11.9. The van der Waals surface area contributed by atoms with Gasteiger partial charge in [0.25, 0.3) is 0 Å². The number of rotatable bonds is 5. The predicted molar refractivity (Wildman–Crippen MR) is 76.5 cm³/mol. The van der Waals surface area contributed by atoms with Gasteiger partial charge in [0.1, 0.15) is 18.2 Å². The molecular formula is C15H19N3O. The van der Waals surface area contributed by atoms with Gasteiger partial charge in [0, 0.05) is 0 Å². The van der Waals surface area contributed by atoms with E-state index in [1.807, 2.05) is 43.3 Å². The minimum absolute atomic E-state index is 0.165. The summed E-state index contributed by atoms with van der Waals surface area (Å²) in [6.45, 7) is 6.61. The molecule has 19 heavy (non-hydrogen) atoms. The molecule has 1 aromatic carbocycles. The van der Waals surface area contributed by atoms with E-state index >= 15 is 0 Å². The Kier molecular flexibility index (Phi) is 4.34. The van der Waals surface area contributed by atoms with Crippen LogP contribution in [0, 0.1) is 13.8 Å². The van der Waals surface area contributed by atoms with Crippen molar-refractivity contribution in [3.8, 4) is 5.75 Å². The molecule has 0 aliphatic carbocycles. The Hall–Kier alpha value is -2.10. The fourth-order valence-electron chi connectivity index (χ4n) is 1.63. The summed E-state index contributed by atoms with van der Waals surface area (Å²) < 4.78 is 5.71. The molecular weight excluding hydrogens is 238 g/mol. The van der Waals surface area contributed by atoms with Crippen LogP contribution < -0.4 is 10.1 Å². The van der Waals surface area contributed by atoms with Gasteiger partial charge < -0.3 is 10.1 Å². The summed E-state index contributed by atoms with van der Waals surface area (Å²) in [4.78, 5) is 0. The molecule has 1 N–H and O–H groups in total. The Morgan fingerprint density at radius 1 is 1.05 bits per heavy atom. The summed E-state index contributed by atoms with van der Waals surface area (Å²) in [5.41, 5.74) is 2.14. The Morgan fingerprint density at radius 3 is 2.42 bits per heavy atom. The topological polar surface area (TPSA) is 47.0 Å². The van der Waals surface area contributed by atoms with Crippen molar-refractivity contribution in [2.75, 3.05) is 11.9 Å². The van der Waals surface area contributed by atoms with Crippen molar-refractivity contribution in [2.24, 2.45) is 0 Å². The van der Waals surface area contributed by atoms with Gasteiger partial charge in [-0.2, -0.15) is 5.10 Å². The van der Waals surface area contributed by atoms with Gasteiger partial charge in [-0.25, -0.2) is 0 Å². The Labute approximate surface area is 113 Å². The quantitative estimate of drug-likeness (QED) is 0.894. The number of anilines is 1. The predicted octanol–water partition coefficient (Wildman–Crippen LogP) is 2.97. The maximum atomic E-state index is 5.71. The summed E-state index contributed by atoms with van der Waals surface area (Å²) >= 11 is 0. The molecule has 0 saturated carbocycles. The number of nitrogens with zero attached hydrogens (tertiary/aromatic N) is 2. The molecule has 1 unspecified atom stereocenters. The average molecular weight is 257 g/mol. The summed E-state index contributed by atoms with van der Waals surface area (Å²) in [7, 11) is 0. The summed E-state index contributed by atoms with van der Waals surface area (Å²) in [6, 6.07) is 12.1. The van der Waals surface area contributed by atoms with Crippen molar-refractivity contribution in [3.05, 3.63) is 47.7 Å². The molecule has 0 bridgehead atoms. The molecule has 0 saturated heterocycles. The maximum Gasteiger partial charge on any atom is 0.148 e. The molecule has 1 aromatic heterocycles. The fraction of sp³-hybridized carbons (Fsp3) is 0.333. The number of aryl methyl sites for hydroxylation is 2. The van der Waals surface area contributed by atoms with Gasteiger partial charge in [-0.1, -0.05) is 17.7 Å². The van der Waals surface area contributed by atoms with Crippen LogP contribution in [-0.4, -0.2) is 22.8 Å². The first-order chi connectivity index (χ1) is 9.13. The molecule has 2 rings (SSSR count). The number of aromatic nitrogens is 2. The lowest BCUT2D eigenvalue weighted by molar-refractivity contribution is 0.303. The second-order valence-corrected chi connectivity index (χ2v) is 4.73. The summed E-state index contributed by atoms with van der Waals surface area (Å²) in [6.07, 6.45) is 0. The highest BCUT2D eigenvalue weighted by Gasteiger charge is 2.04. The lowest BCUT2D eigenvalue weighted by Crippen LogP contribution is -2.24. The van der Waals surface area contributed by atoms with Gasteiger partial charge in [-0.05, 0) is 45.0 Å². The lowest BCUT2D eigenvalue weighted by atomic mass is 10.2. The Bertz CT molecular complexity index is 508. The minimum Gasteiger partial charge on any atom is -0.491 e. The third-order valence-corrected chi connectivity index (χ3v) is 2.71. The van der Waals surface area contributed by atoms with E-state index < -0.39 is 0 Å². The SMILES string of the molecule is Cc1ccc(OCC(C)Nc2ccc(C)nn2)cc1. The van der Waals surface area contributed by atoms with Gasteiger partial charge in [-0.3, -0.25) is 0 Å². The number of hydrogen-bond acceptors (Lipinski definition) is 4. The van der Waals surface area contributed by atoms with E-state index in [2.05, 4.69) is 29.4 Å². The van der Waals surface area contributed by atoms with Crippen LogP contribution in [0.25, 0.3) is 0 Å². The summed E-state index contributed by atoms with van der Waals surface area (Å²) in [5.74, 6) is 1.65. The molecule has 0 aliphatic heterocycles. The molecule has 4 nitrogen and oxygen atoms in total. The first-order valence-corrected chi connectivity index (χ1v) is 6.40. The smallest absolute Gasteiger partial charge is 0.148 e. The van der Waals surface area contributed by atoms with E-state index in [1.165, 1.54) is 5.56 Å². The highest BCUT2D eigenvalue weighted by molar-refractivity contribution is 5.34. The van der Waals surface area contributed by atoms with E-state index in [0.29, 0.717) is 6.61 Å². The van der Waals surface area contributed by atoms with Crippen molar-refractivity contribution < 1.29 is 4.74 Å². The Morgan fingerprint density at radius 2 is 1.79 bits per heavy atom. The second kappa shape index (κ2) is 6.18. The van der Waals surface area contributed by atoms with Gasteiger partial charge in [0.05, 0.1) is 11.7 Å². The van der Waals surface area contributed by atoms with Crippen molar-refractivity contribution >= 4 is 5.82 Å². The number of benzene rings is 1. The van der Waals surface area contributed by atoms with Crippen LogP contribution in [0.15, 0.2) is 36.4 Å². The molecule has 1 atom stereocenters. The number of nitrogens with one attached hydrogen (secondary N) is 1. The van der Waals surface area contributed by atoms with Crippen LogP contribution in [0.2, 0.25) is 0 Å². The highest BCUT2D eigenvalue weighted by atomic mass is 16.5. The van der Waals surface area contributed by atoms with E-state index in [-0.39, 0.29) is 6.04 Å². The monoisotopic (exact) mass is 257 g/mol. The highest BCUT2D eigenvalue weighted by Crippen LogP contribution is 2.12. The average Bonchev–Trinajstić information content (AvgIpc) is 2.41. The molecule has 1 heterocycles. The van der Waals surface area contributed by atoms with E-state index in [1.54, 1.807) is 0 Å². The lowest BCUT2D eigenvalue weighted by Gasteiger charge is -2.15. The van der Waals surface area contributed by atoms with Crippen LogP contribution in [0.4, 0.5) is 5.82 Å². The van der Waals surface area contributed by atoms with Crippen LogP contribution >= 0.6 is 0 Å². The zero-order valence-corrected chi connectivity index (χ0v) is 11.6. The molecule has 4 heteroatoms. The van der Waals surface area contributed by atoms with Crippen LogP contribution in [0.1, 0.15) is 18.2 Å². The zero-order chi connectivity index (χ0) is 13.7. The molecule has 0 radical (unpaired) electrons. The maximum absolute atomic E-state index is 5.71. The first-order valence-electron chi connectivity index (χ1n) is 6.40. The van der Waals surface area contributed by atoms with Crippen molar-refractivity contribution in [3.63, 3.8) is 0 Å².